The molecule has 1 N–H and O–H groups in total. The third-order valence-electron chi connectivity index (χ3n) is 5.12. The molecule has 1 fully saturated rings. The van der Waals surface area contributed by atoms with E-state index in [0.29, 0.717) is 11.5 Å². The van der Waals surface area contributed by atoms with E-state index in [2.05, 4.69) is 39.9 Å². The van der Waals surface area contributed by atoms with Crippen LogP contribution in [0, 0.1) is 11.3 Å². The summed E-state index contributed by atoms with van der Waals surface area (Å²) in [6.07, 6.45) is 14.0. The summed E-state index contributed by atoms with van der Waals surface area (Å²) in [4.78, 5) is 0. The van der Waals surface area contributed by atoms with Gasteiger partial charge in [-0.25, -0.2) is 0 Å². The van der Waals surface area contributed by atoms with Crippen molar-refractivity contribution in [2.24, 2.45) is 11.3 Å². The van der Waals surface area contributed by atoms with Crippen molar-refractivity contribution in [3.63, 3.8) is 0 Å². The lowest BCUT2D eigenvalue weighted by molar-refractivity contribution is 0.123. The lowest BCUT2D eigenvalue weighted by Crippen LogP contribution is -2.47. The summed E-state index contributed by atoms with van der Waals surface area (Å²) in [6.45, 7) is 12.0. The number of nitrogens with one attached hydrogen (secondary N) is 1. The van der Waals surface area contributed by atoms with Crippen molar-refractivity contribution >= 4 is 0 Å². The average molecular weight is 282 g/mol. The van der Waals surface area contributed by atoms with Crippen LogP contribution in [0.25, 0.3) is 0 Å². The molecular weight excluding hydrogens is 242 g/mol. The molecule has 0 aromatic heterocycles. The monoisotopic (exact) mass is 281 g/mol. The normalized spacial score (nSPS) is 25.6. The largest absolute Gasteiger partial charge is 0.311 e. The summed E-state index contributed by atoms with van der Waals surface area (Å²) >= 11 is 0. The van der Waals surface area contributed by atoms with E-state index in [0.717, 1.165) is 12.0 Å². The topological polar surface area (TPSA) is 12.0 Å². The first-order valence-electron chi connectivity index (χ1n) is 9.21. The van der Waals surface area contributed by atoms with Gasteiger partial charge in [-0.2, -0.15) is 0 Å². The molecule has 0 aliphatic heterocycles. The Bertz CT molecular complexity index is 241. The first-order valence-corrected chi connectivity index (χ1v) is 9.21. The van der Waals surface area contributed by atoms with Crippen LogP contribution in [-0.4, -0.2) is 12.1 Å². The Labute approximate surface area is 128 Å². The number of hydrogen-bond donors (Lipinski definition) is 1. The van der Waals surface area contributed by atoms with Crippen molar-refractivity contribution in [2.75, 3.05) is 0 Å². The zero-order valence-electron chi connectivity index (χ0n) is 14.8. The highest BCUT2D eigenvalue weighted by molar-refractivity contribution is 4.89. The summed E-state index contributed by atoms with van der Waals surface area (Å²) < 4.78 is 0. The zero-order chi connectivity index (χ0) is 15.0. The molecule has 20 heavy (non-hydrogen) atoms. The molecule has 1 aliphatic carbocycles. The minimum atomic E-state index is 0.457. The molecule has 3 atom stereocenters. The van der Waals surface area contributed by atoms with E-state index in [1.807, 2.05) is 0 Å². The van der Waals surface area contributed by atoms with Crippen molar-refractivity contribution in [3.8, 4) is 0 Å². The Hall–Kier alpha value is -0.0400. The minimum Gasteiger partial charge on any atom is -0.311 e. The second-order valence-electron chi connectivity index (χ2n) is 8.13. The fourth-order valence-electron chi connectivity index (χ4n) is 3.87. The highest BCUT2D eigenvalue weighted by Crippen LogP contribution is 2.38. The third-order valence-corrected chi connectivity index (χ3v) is 5.12. The molecule has 0 aromatic rings. The molecule has 0 radical (unpaired) electrons. The van der Waals surface area contributed by atoms with E-state index in [4.69, 9.17) is 0 Å². The Morgan fingerprint density at radius 2 is 1.65 bits per heavy atom. The van der Waals surface area contributed by atoms with Gasteiger partial charge in [0.15, 0.2) is 0 Å². The smallest absolute Gasteiger partial charge is 0.0103 e. The number of rotatable bonds is 8. The second kappa shape index (κ2) is 9.07. The van der Waals surface area contributed by atoms with Gasteiger partial charge in [-0.1, -0.05) is 72.6 Å². The van der Waals surface area contributed by atoms with Crippen LogP contribution in [0.1, 0.15) is 98.8 Å². The second-order valence-corrected chi connectivity index (χ2v) is 8.13. The van der Waals surface area contributed by atoms with Gasteiger partial charge < -0.3 is 5.32 Å². The van der Waals surface area contributed by atoms with E-state index in [1.54, 1.807) is 0 Å². The number of unbranched alkanes of at least 4 members (excludes halogenated alkanes) is 4. The van der Waals surface area contributed by atoms with Crippen LogP contribution >= 0.6 is 0 Å². The van der Waals surface area contributed by atoms with Crippen molar-refractivity contribution in [2.45, 2.75) is 111 Å². The van der Waals surface area contributed by atoms with E-state index >= 15 is 0 Å². The van der Waals surface area contributed by atoms with E-state index in [-0.39, 0.29) is 0 Å². The highest BCUT2D eigenvalue weighted by Gasteiger charge is 2.34. The van der Waals surface area contributed by atoms with Gasteiger partial charge in [0.1, 0.15) is 0 Å². The highest BCUT2D eigenvalue weighted by atomic mass is 15.0. The standard InChI is InChI=1S/C19H39N/c1-6-7-8-9-10-13-16(2)20-18-15-12-11-14-17(18)19(3,4)5/h16-18,20H,6-15H2,1-5H3. The molecule has 0 bridgehead atoms. The lowest BCUT2D eigenvalue weighted by atomic mass is 9.69. The average Bonchev–Trinajstić information content (AvgIpc) is 2.38. The molecule has 0 saturated heterocycles. The molecule has 3 unspecified atom stereocenters. The molecule has 1 aliphatic rings. The molecule has 0 heterocycles. The summed E-state index contributed by atoms with van der Waals surface area (Å²) in [5, 5.41) is 3.97. The van der Waals surface area contributed by atoms with Gasteiger partial charge in [-0.15, -0.1) is 0 Å². The maximum atomic E-state index is 3.97. The molecule has 0 amide bonds. The fraction of sp³-hybridized carbons (Fsp3) is 1.00. The van der Waals surface area contributed by atoms with Crippen LogP contribution in [-0.2, 0) is 0 Å². The molecule has 0 aromatic carbocycles. The van der Waals surface area contributed by atoms with E-state index in [1.165, 1.54) is 64.2 Å². The van der Waals surface area contributed by atoms with Gasteiger partial charge in [0.25, 0.3) is 0 Å². The predicted molar refractivity (Wildman–Crippen MR) is 91.2 cm³/mol. The van der Waals surface area contributed by atoms with E-state index < -0.39 is 0 Å². The summed E-state index contributed by atoms with van der Waals surface area (Å²) in [7, 11) is 0. The molecule has 1 saturated carbocycles. The van der Waals surface area contributed by atoms with Crippen molar-refractivity contribution in [1.29, 1.82) is 0 Å². The molecule has 1 heteroatoms. The number of hydrogen-bond acceptors (Lipinski definition) is 1. The van der Waals surface area contributed by atoms with Crippen LogP contribution < -0.4 is 5.32 Å². The quantitative estimate of drug-likeness (QED) is 0.544. The summed E-state index contributed by atoms with van der Waals surface area (Å²) in [5.41, 5.74) is 0.457. The minimum absolute atomic E-state index is 0.457. The Morgan fingerprint density at radius 1 is 1.00 bits per heavy atom. The zero-order valence-corrected chi connectivity index (χ0v) is 14.8. The Kier molecular flexibility index (Phi) is 8.17. The van der Waals surface area contributed by atoms with Gasteiger partial charge in [0.2, 0.25) is 0 Å². The van der Waals surface area contributed by atoms with Gasteiger partial charge in [-0.05, 0) is 37.5 Å². The lowest BCUT2D eigenvalue weighted by Gasteiger charge is -2.42. The first kappa shape index (κ1) is 18.0. The Morgan fingerprint density at radius 3 is 2.30 bits per heavy atom. The molecule has 1 nitrogen and oxygen atoms in total. The maximum Gasteiger partial charge on any atom is 0.0103 e. The fourth-order valence-corrected chi connectivity index (χ4v) is 3.87. The Balaban J connectivity index is 2.29. The van der Waals surface area contributed by atoms with Crippen molar-refractivity contribution in [3.05, 3.63) is 0 Å². The summed E-state index contributed by atoms with van der Waals surface area (Å²) in [5.74, 6) is 0.860. The van der Waals surface area contributed by atoms with Crippen molar-refractivity contribution < 1.29 is 0 Å². The van der Waals surface area contributed by atoms with Crippen LogP contribution in [0.3, 0.4) is 0 Å². The molecule has 1 rings (SSSR count). The molecule has 120 valence electrons. The van der Waals surface area contributed by atoms with Crippen LogP contribution in [0.2, 0.25) is 0 Å². The summed E-state index contributed by atoms with van der Waals surface area (Å²) in [6, 6.07) is 1.46. The van der Waals surface area contributed by atoms with Crippen LogP contribution in [0.4, 0.5) is 0 Å². The van der Waals surface area contributed by atoms with E-state index in [9.17, 15) is 0 Å². The molecule has 0 spiro atoms. The first-order chi connectivity index (χ1) is 9.45. The predicted octanol–water partition coefficient (Wildman–Crippen LogP) is 5.93. The third kappa shape index (κ3) is 6.61. The SMILES string of the molecule is CCCCCCCC(C)NC1CCCCC1C(C)(C)C. The van der Waals surface area contributed by atoms with Gasteiger partial charge in [0.05, 0.1) is 0 Å². The van der Waals surface area contributed by atoms with Gasteiger partial charge in [0, 0.05) is 12.1 Å². The van der Waals surface area contributed by atoms with Crippen LogP contribution in [0.15, 0.2) is 0 Å². The maximum absolute atomic E-state index is 3.97. The van der Waals surface area contributed by atoms with Crippen molar-refractivity contribution in [1.82, 2.24) is 5.32 Å². The molecular formula is C19H39N. The van der Waals surface area contributed by atoms with Crippen LogP contribution in [0.5, 0.6) is 0 Å². The van der Waals surface area contributed by atoms with Gasteiger partial charge >= 0.3 is 0 Å². The van der Waals surface area contributed by atoms with Gasteiger partial charge in [-0.3, -0.25) is 0 Å².